The second-order valence-electron chi connectivity index (χ2n) is 12.8. The third-order valence-electron chi connectivity index (χ3n) is 9.18. The number of amides is 1. The Balaban J connectivity index is 1.41. The number of aromatic nitrogens is 1. The molecule has 3 atom stereocenters. The van der Waals surface area contributed by atoms with E-state index in [-0.39, 0.29) is 22.8 Å². The van der Waals surface area contributed by atoms with Crippen LogP contribution in [0.5, 0.6) is 5.88 Å². The average molecular weight is 542 g/mol. The fraction of sp³-hybridized carbons (Fsp3) is 0.600. The van der Waals surface area contributed by atoms with Crippen LogP contribution in [0.1, 0.15) is 57.4 Å². The lowest BCUT2D eigenvalue weighted by atomic mass is 9.68. The van der Waals surface area contributed by atoms with E-state index in [0.717, 1.165) is 22.5 Å². The Kier molecular flexibility index (Phi) is 7.97. The molecule has 0 radical (unpaired) electrons. The normalized spacial score (nSPS) is 23.2. The van der Waals surface area contributed by atoms with Crippen LogP contribution in [0, 0.1) is 18.3 Å². The predicted octanol–water partition coefficient (Wildman–Crippen LogP) is 6.00. The van der Waals surface area contributed by atoms with Gasteiger partial charge in [-0.05, 0) is 55.1 Å². The fourth-order valence-electron chi connectivity index (χ4n) is 5.03. The van der Waals surface area contributed by atoms with E-state index in [9.17, 15) is 9.18 Å². The van der Waals surface area contributed by atoms with Crippen LogP contribution < -0.4 is 15.0 Å². The predicted molar refractivity (Wildman–Crippen MR) is 153 cm³/mol. The lowest BCUT2D eigenvalue weighted by Gasteiger charge is -2.40. The maximum Gasteiger partial charge on any atom is 0.226 e. The Labute approximate surface area is 228 Å². The van der Waals surface area contributed by atoms with Gasteiger partial charge in [-0.15, -0.1) is 0 Å². The maximum atomic E-state index is 13.3. The quantitative estimate of drug-likeness (QED) is 0.394. The molecule has 4 rings (SSSR count). The molecule has 6 nitrogen and oxygen atoms in total. The summed E-state index contributed by atoms with van der Waals surface area (Å²) in [7, 11) is -1.91. The Bertz CT molecular complexity index is 1140. The monoisotopic (exact) mass is 541 g/mol. The minimum Gasteiger partial charge on any atom is -0.473 e. The lowest BCUT2D eigenvalue weighted by molar-refractivity contribution is -0.129. The molecule has 1 N–H and O–H groups in total. The number of benzene rings is 1. The number of anilines is 1. The van der Waals surface area contributed by atoms with E-state index in [1.807, 2.05) is 24.0 Å². The number of alkyl halides is 1. The number of nitrogens with one attached hydrogen (secondary N) is 1. The molecule has 0 aliphatic carbocycles. The molecule has 0 bridgehead atoms. The van der Waals surface area contributed by atoms with Crippen molar-refractivity contribution in [2.45, 2.75) is 78.4 Å². The highest BCUT2D eigenvalue weighted by Crippen LogP contribution is 2.46. The molecule has 1 aromatic heterocycles. The molecular formula is C30H44FN3O3Si. The van der Waals surface area contributed by atoms with Gasteiger partial charge in [-0.3, -0.25) is 4.79 Å². The number of hydrogen-bond acceptors (Lipinski definition) is 5. The van der Waals surface area contributed by atoms with Gasteiger partial charge in [0.15, 0.2) is 8.32 Å². The SMILES string of the molecule is Cc1cc(N2CC(F)C2)cc(OCc2ccc(C(C)[C@@]3(C)C(=O)NC[C@@H]3CO[Si](C)(C)C(C)(C)C)cc2)n1. The molecule has 1 amide bonds. The number of rotatable bonds is 9. The summed E-state index contributed by atoms with van der Waals surface area (Å²) in [5.74, 6) is 0.788. The van der Waals surface area contributed by atoms with Gasteiger partial charge < -0.3 is 19.4 Å². The van der Waals surface area contributed by atoms with Crippen LogP contribution in [0.25, 0.3) is 0 Å². The molecule has 2 aliphatic heterocycles. The number of halogens is 1. The number of pyridine rings is 1. The van der Waals surface area contributed by atoms with E-state index < -0.39 is 19.9 Å². The first kappa shape index (κ1) is 28.6. The number of nitrogens with zero attached hydrogens (tertiary/aromatic N) is 2. The summed E-state index contributed by atoms with van der Waals surface area (Å²) in [6.07, 6.45) is -0.758. The van der Waals surface area contributed by atoms with Gasteiger partial charge in [-0.25, -0.2) is 9.37 Å². The zero-order valence-corrected chi connectivity index (χ0v) is 25.2. The van der Waals surface area contributed by atoms with Crippen LogP contribution in [0.4, 0.5) is 10.1 Å². The number of carbonyl (C=O) groups is 1. The highest BCUT2D eigenvalue weighted by Gasteiger charge is 2.51. The van der Waals surface area contributed by atoms with Gasteiger partial charge in [-0.1, -0.05) is 52.0 Å². The van der Waals surface area contributed by atoms with Crippen molar-refractivity contribution in [2.24, 2.45) is 11.3 Å². The Hall–Kier alpha value is -2.45. The van der Waals surface area contributed by atoms with E-state index in [1.165, 1.54) is 0 Å². The molecule has 2 saturated heterocycles. The van der Waals surface area contributed by atoms with Gasteiger partial charge in [0, 0.05) is 36.5 Å². The van der Waals surface area contributed by atoms with Gasteiger partial charge in [-0.2, -0.15) is 0 Å². The average Bonchev–Trinajstić information content (AvgIpc) is 3.12. The largest absolute Gasteiger partial charge is 0.473 e. The molecule has 3 heterocycles. The summed E-state index contributed by atoms with van der Waals surface area (Å²) in [5.41, 5.74) is 3.40. The van der Waals surface area contributed by atoms with Crippen molar-refractivity contribution in [3.05, 3.63) is 53.2 Å². The van der Waals surface area contributed by atoms with Crippen molar-refractivity contribution in [3.63, 3.8) is 0 Å². The van der Waals surface area contributed by atoms with Crippen molar-refractivity contribution in [1.29, 1.82) is 0 Å². The minimum atomic E-state index is -1.91. The lowest BCUT2D eigenvalue weighted by Crippen LogP contribution is -2.48. The van der Waals surface area contributed by atoms with E-state index in [1.54, 1.807) is 0 Å². The molecule has 2 aromatic rings. The van der Waals surface area contributed by atoms with E-state index >= 15 is 0 Å². The summed E-state index contributed by atoms with van der Waals surface area (Å²) in [6.45, 7) is 19.9. The first-order valence-electron chi connectivity index (χ1n) is 13.7. The summed E-state index contributed by atoms with van der Waals surface area (Å²) >= 11 is 0. The zero-order chi connectivity index (χ0) is 27.9. The number of ether oxygens (including phenoxy) is 1. The highest BCUT2D eigenvalue weighted by atomic mass is 28.4. The number of aryl methyl sites for hydroxylation is 1. The van der Waals surface area contributed by atoms with Crippen molar-refractivity contribution in [2.75, 3.05) is 31.1 Å². The molecule has 0 saturated carbocycles. The van der Waals surface area contributed by atoms with Crippen LogP contribution in [0.3, 0.4) is 0 Å². The molecule has 1 unspecified atom stereocenters. The molecule has 1 aromatic carbocycles. The number of hydrogen-bond donors (Lipinski definition) is 1. The first-order valence-corrected chi connectivity index (χ1v) is 16.6. The topological polar surface area (TPSA) is 63.7 Å². The summed E-state index contributed by atoms with van der Waals surface area (Å²) in [5, 5.41) is 3.24. The Morgan fingerprint density at radius 3 is 2.47 bits per heavy atom. The summed E-state index contributed by atoms with van der Waals surface area (Å²) < 4.78 is 25.8. The fourth-order valence-corrected chi connectivity index (χ4v) is 6.08. The standard InChI is InChI=1S/C30H44FN3O3Si/c1-20-13-26(34-16-25(31)17-34)14-27(33-20)36-18-22-9-11-23(12-10-22)21(2)30(6)24(15-32-28(30)35)19-37-38(7,8)29(3,4)5/h9-14,21,24-25H,15-19H2,1-8H3,(H,32,35)/t21?,24-,30-/m1/s1. The van der Waals surface area contributed by atoms with E-state index in [4.69, 9.17) is 9.16 Å². The second-order valence-corrected chi connectivity index (χ2v) is 17.6. The van der Waals surface area contributed by atoms with E-state index in [0.29, 0.717) is 38.7 Å². The molecule has 38 heavy (non-hydrogen) atoms. The van der Waals surface area contributed by atoms with Crippen molar-refractivity contribution in [1.82, 2.24) is 10.3 Å². The molecular weight excluding hydrogens is 497 g/mol. The number of carbonyl (C=O) groups excluding carboxylic acids is 1. The third kappa shape index (κ3) is 5.76. The molecule has 2 fully saturated rings. The maximum absolute atomic E-state index is 13.3. The van der Waals surface area contributed by atoms with Crippen LogP contribution in [0.15, 0.2) is 36.4 Å². The van der Waals surface area contributed by atoms with Crippen molar-refractivity contribution >= 4 is 19.9 Å². The van der Waals surface area contributed by atoms with Gasteiger partial charge >= 0.3 is 0 Å². The molecule has 208 valence electrons. The highest BCUT2D eigenvalue weighted by molar-refractivity contribution is 6.74. The molecule has 2 aliphatic rings. The van der Waals surface area contributed by atoms with E-state index in [2.05, 4.69) is 82.3 Å². The summed E-state index contributed by atoms with van der Waals surface area (Å²) in [4.78, 5) is 19.6. The van der Waals surface area contributed by atoms with Crippen LogP contribution in [-0.2, 0) is 15.8 Å². The smallest absolute Gasteiger partial charge is 0.226 e. The summed E-state index contributed by atoms with van der Waals surface area (Å²) in [6, 6.07) is 12.2. The minimum absolute atomic E-state index is 0.0323. The van der Waals surface area contributed by atoms with Crippen LogP contribution >= 0.6 is 0 Å². The van der Waals surface area contributed by atoms with Crippen molar-refractivity contribution in [3.8, 4) is 5.88 Å². The van der Waals surface area contributed by atoms with Gasteiger partial charge in [0.05, 0.1) is 18.5 Å². The first-order chi connectivity index (χ1) is 17.7. The van der Waals surface area contributed by atoms with Crippen molar-refractivity contribution < 1.29 is 18.3 Å². The van der Waals surface area contributed by atoms with Crippen LogP contribution in [-0.4, -0.2) is 51.6 Å². The zero-order valence-electron chi connectivity index (χ0n) is 24.2. The molecule has 8 heteroatoms. The van der Waals surface area contributed by atoms with Gasteiger partial charge in [0.1, 0.15) is 12.8 Å². The third-order valence-corrected chi connectivity index (χ3v) is 13.7. The second kappa shape index (κ2) is 10.6. The Morgan fingerprint density at radius 2 is 1.87 bits per heavy atom. The van der Waals surface area contributed by atoms with Gasteiger partial charge in [0.2, 0.25) is 11.8 Å². The van der Waals surface area contributed by atoms with Crippen LogP contribution in [0.2, 0.25) is 18.1 Å². The molecule has 0 spiro atoms. The Morgan fingerprint density at radius 1 is 1.21 bits per heavy atom. The van der Waals surface area contributed by atoms with Gasteiger partial charge in [0.25, 0.3) is 0 Å².